The molecule has 64 valence electrons. The molecular formula is C9H7N3O. The smallest absolute Gasteiger partial charge is 0.158 e. The van der Waals surface area contributed by atoms with E-state index < -0.39 is 0 Å². The topological polar surface area (TPSA) is 43.9 Å². The zero-order valence-corrected chi connectivity index (χ0v) is 6.84. The highest BCUT2D eigenvalue weighted by Crippen LogP contribution is 2.03. The third-order valence-corrected chi connectivity index (χ3v) is 1.66. The first-order valence-corrected chi connectivity index (χ1v) is 3.78. The highest BCUT2D eigenvalue weighted by Gasteiger charge is 2.02. The summed E-state index contributed by atoms with van der Waals surface area (Å²) in [5, 5.41) is 7.64. The summed E-state index contributed by atoms with van der Waals surface area (Å²) in [6.07, 6.45) is 8.52. The maximum absolute atomic E-state index is 5.27. The third-order valence-electron chi connectivity index (χ3n) is 1.66. The van der Waals surface area contributed by atoms with E-state index in [1.165, 1.54) is 0 Å². The lowest BCUT2D eigenvalue weighted by Crippen LogP contribution is -2.02. The Morgan fingerprint density at radius 2 is 2.38 bits per heavy atom. The lowest BCUT2D eigenvalue weighted by atomic mass is 10.4. The van der Waals surface area contributed by atoms with E-state index in [0.29, 0.717) is 6.54 Å². The second-order valence-corrected chi connectivity index (χ2v) is 2.50. The lowest BCUT2D eigenvalue weighted by Gasteiger charge is -1.98. The average molecular weight is 173 g/mol. The largest absolute Gasteiger partial charge is 0.359 e. The van der Waals surface area contributed by atoms with Gasteiger partial charge in [-0.15, -0.1) is 6.42 Å². The summed E-state index contributed by atoms with van der Waals surface area (Å²) in [7, 11) is 0. The van der Waals surface area contributed by atoms with Crippen molar-refractivity contribution in [3.8, 4) is 12.3 Å². The molecule has 0 spiro atoms. The molecule has 13 heavy (non-hydrogen) atoms. The Balaban J connectivity index is 2.24. The van der Waals surface area contributed by atoms with Crippen LogP contribution >= 0.6 is 0 Å². The van der Waals surface area contributed by atoms with Gasteiger partial charge in [-0.25, -0.2) is 4.68 Å². The van der Waals surface area contributed by atoms with Gasteiger partial charge < -0.3 is 4.52 Å². The summed E-state index contributed by atoms with van der Waals surface area (Å²) in [6, 6.07) is 3.55. The fourth-order valence-corrected chi connectivity index (χ4v) is 1.05. The van der Waals surface area contributed by atoms with Crippen molar-refractivity contribution in [3.63, 3.8) is 0 Å². The number of hydrogen-bond acceptors (Lipinski definition) is 3. The molecule has 0 amide bonds. The van der Waals surface area contributed by atoms with Gasteiger partial charge >= 0.3 is 0 Å². The van der Waals surface area contributed by atoms with Crippen molar-refractivity contribution in [3.05, 3.63) is 36.0 Å². The van der Waals surface area contributed by atoms with Crippen LogP contribution in [0.2, 0.25) is 0 Å². The molecule has 0 aliphatic rings. The first kappa shape index (κ1) is 7.62. The summed E-state index contributed by atoms with van der Waals surface area (Å²) in [4.78, 5) is 0. The normalized spacial score (nSPS) is 9.77. The van der Waals surface area contributed by atoms with E-state index in [-0.39, 0.29) is 0 Å². The number of aromatic nitrogens is 3. The quantitative estimate of drug-likeness (QED) is 0.634. The van der Waals surface area contributed by atoms with Crippen LogP contribution in [0, 0.1) is 12.3 Å². The molecule has 0 radical (unpaired) electrons. The molecule has 0 saturated heterocycles. The van der Waals surface area contributed by atoms with Gasteiger partial charge in [-0.2, -0.15) is 5.10 Å². The Hall–Kier alpha value is -2.02. The molecule has 0 aromatic carbocycles. The zero-order chi connectivity index (χ0) is 9.10. The van der Waals surface area contributed by atoms with Crippen LogP contribution in [-0.2, 0) is 6.54 Å². The number of terminal acetylenes is 1. The minimum Gasteiger partial charge on any atom is -0.359 e. The molecule has 4 heteroatoms. The van der Waals surface area contributed by atoms with Crippen LogP contribution in [0.4, 0.5) is 0 Å². The summed E-state index contributed by atoms with van der Waals surface area (Å²) in [5.41, 5.74) is 0.733. The summed E-state index contributed by atoms with van der Waals surface area (Å²) in [6.45, 7) is 0.520. The maximum atomic E-state index is 5.27. The van der Waals surface area contributed by atoms with E-state index in [1.54, 1.807) is 29.2 Å². The molecule has 0 fully saturated rings. The first-order valence-electron chi connectivity index (χ1n) is 3.78. The second-order valence-electron chi connectivity index (χ2n) is 2.50. The highest BCUT2D eigenvalue weighted by molar-refractivity contribution is 5.23. The molecule has 0 N–H and O–H groups in total. The average Bonchev–Trinajstić information content (AvgIpc) is 2.76. The minimum absolute atomic E-state index is 0.520. The third kappa shape index (κ3) is 1.44. The van der Waals surface area contributed by atoms with Crippen molar-refractivity contribution < 1.29 is 4.52 Å². The van der Waals surface area contributed by atoms with Gasteiger partial charge in [-0.3, -0.25) is 0 Å². The van der Waals surface area contributed by atoms with E-state index in [1.807, 2.05) is 0 Å². The molecule has 0 atom stereocenters. The van der Waals surface area contributed by atoms with Gasteiger partial charge in [0.2, 0.25) is 0 Å². The molecule has 2 rings (SSSR count). The van der Waals surface area contributed by atoms with Gasteiger partial charge in [0, 0.05) is 6.07 Å². The number of nitrogens with zero attached hydrogens (tertiary/aromatic N) is 3. The van der Waals surface area contributed by atoms with Crippen LogP contribution in [0.25, 0.3) is 0 Å². The fraction of sp³-hybridized carbons (Fsp3) is 0.111. The van der Waals surface area contributed by atoms with Gasteiger partial charge in [0.25, 0.3) is 0 Å². The summed E-state index contributed by atoms with van der Waals surface area (Å²) in [5.74, 6) is 3.26. The van der Waals surface area contributed by atoms with Crippen LogP contribution in [0.1, 0.15) is 11.5 Å². The molecule has 0 bridgehead atoms. The monoisotopic (exact) mass is 173 g/mol. The molecule has 0 unspecified atom stereocenters. The molecular weight excluding hydrogens is 166 g/mol. The van der Waals surface area contributed by atoms with Crippen LogP contribution < -0.4 is 0 Å². The van der Waals surface area contributed by atoms with Crippen molar-refractivity contribution in [2.24, 2.45) is 0 Å². The van der Waals surface area contributed by atoms with E-state index in [9.17, 15) is 0 Å². The van der Waals surface area contributed by atoms with Crippen LogP contribution in [0.5, 0.6) is 0 Å². The van der Waals surface area contributed by atoms with Gasteiger partial charge in [0.05, 0.1) is 12.4 Å². The van der Waals surface area contributed by atoms with Gasteiger partial charge in [0.15, 0.2) is 5.76 Å². The molecule has 0 aliphatic heterocycles. The van der Waals surface area contributed by atoms with Crippen LogP contribution in [0.15, 0.2) is 29.0 Å². The number of hydrogen-bond donors (Lipinski definition) is 0. The highest BCUT2D eigenvalue weighted by atomic mass is 16.5. The number of rotatable bonds is 2. The Morgan fingerprint density at radius 3 is 3.08 bits per heavy atom. The predicted octanol–water partition coefficient (Wildman–Crippen LogP) is 0.901. The van der Waals surface area contributed by atoms with E-state index in [4.69, 9.17) is 10.9 Å². The summed E-state index contributed by atoms with van der Waals surface area (Å²) >= 11 is 0. The Bertz CT molecular complexity index is 422. The molecule has 2 heterocycles. The fourth-order valence-electron chi connectivity index (χ4n) is 1.05. The SMILES string of the molecule is C#Cc1ccnn1Cc1ccno1. The van der Waals surface area contributed by atoms with Crippen LogP contribution in [-0.4, -0.2) is 14.9 Å². The standard InChI is InChI=1S/C9H7N3O/c1-2-8-3-5-10-12(8)7-9-4-6-11-13-9/h1,3-6H,7H2. The van der Waals surface area contributed by atoms with Gasteiger partial charge in [-0.05, 0) is 6.07 Å². The Kier molecular flexibility index (Phi) is 1.85. The lowest BCUT2D eigenvalue weighted by molar-refractivity contribution is 0.371. The Labute approximate surface area is 75.2 Å². The molecule has 0 saturated carbocycles. The van der Waals surface area contributed by atoms with Crippen molar-refractivity contribution in [1.29, 1.82) is 0 Å². The van der Waals surface area contributed by atoms with Crippen LogP contribution in [0.3, 0.4) is 0 Å². The maximum Gasteiger partial charge on any atom is 0.158 e. The molecule has 2 aromatic heterocycles. The van der Waals surface area contributed by atoms with E-state index in [0.717, 1.165) is 11.5 Å². The minimum atomic E-state index is 0.520. The van der Waals surface area contributed by atoms with E-state index in [2.05, 4.69) is 16.2 Å². The predicted molar refractivity (Wildman–Crippen MR) is 45.8 cm³/mol. The zero-order valence-electron chi connectivity index (χ0n) is 6.84. The molecule has 2 aromatic rings. The van der Waals surface area contributed by atoms with Crippen molar-refractivity contribution in [1.82, 2.24) is 14.9 Å². The van der Waals surface area contributed by atoms with Crippen molar-refractivity contribution in [2.75, 3.05) is 0 Å². The summed E-state index contributed by atoms with van der Waals surface area (Å²) < 4.78 is 6.61. The first-order chi connectivity index (χ1) is 6.40. The van der Waals surface area contributed by atoms with Gasteiger partial charge in [-0.1, -0.05) is 11.1 Å². The van der Waals surface area contributed by atoms with Gasteiger partial charge in [0.1, 0.15) is 12.2 Å². The molecule has 4 nitrogen and oxygen atoms in total. The van der Waals surface area contributed by atoms with E-state index >= 15 is 0 Å². The van der Waals surface area contributed by atoms with Crippen molar-refractivity contribution in [2.45, 2.75) is 6.54 Å². The van der Waals surface area contributed by atoms with Crippen molar-refractivity contribution >= 4 is 0 Å². The molecule has 0 aliphatic carbocycles. The second kappa shape index (κ2) is 3.15. The Morgan fingerprint density at radius 1 is 1.46 bits per heavy atom.